The molecule has 1 nitrogen and oxygen atoms in total. The molecule has 0 saturated heterocycles. The lowest BCUT2D eigenvalue weighted by Crippen LogP contribution is -2.08. The second kappa shape index (κ2) is 6.62. The third kappa shape index (κ3) is 3.92. The number of pyridine rings is 1. The van der Waals surface area contributed by atoms with Crippen LogP contribution in [-0.2, 0) is 0 Å². The largest absolute Gasteiger partial charge is 0.258 e. The highest BCUT2D eigenvalue weighted by Crippen LogP contribution is 2.26. The quantitative estimate of drug-likeness (QED) is 0.645. The predicted molar refractivity (Wildman–Crippen MR) is 65.9 cm³/mol. The standard InChI is InChI=1S/C14H22FN/c1-4-5-6-7-11(2)12(3)14-9-8-13(15)10-16-14/h8-12H,4-7H2,1-3H3. The molecule has 90 valence electrons. The summed E-state index contributed by atoms with van der Waals surface area (Å²) in [5, 5.41) is 0. The van der Waals surface area contributed by atoms with E-state index in [-0.39, 0.29) is 5.82 Å². The van der Waals surface area contributed by atoms with E-state index in [1.807, 2.05) is 0 Å². The van der Waals surface area contributed by atoms with Gasteiger partial charge in [-0.25, -0.2) is 4.39 Å². The van der Waals surface area contributed by atoms with Crippen LogP contribution < -0.4 is 0 Å². The first kappa shape index (κ1) is 13.1. The summed E-state index contributed by atoms with van der Waals surface area (Å²) in [6.45, 7) is 6.65. The summed E-state index contributed by atoms with van der Waals surface area (Å²) >= 11 is 0. The number of unbranched alkanes of at least 4 members (excludes halogenated alkanes) is 2. The Balaban J connectivity index is 2.49. The molecule has 0 aliphatic carbocycles. The SMILES string of the molecule is CCCCCC(C)C(C)c1ccc(F)cn1. The van der Waals surface area contributed by atoms with Crippen molar-refractivity contribution in [3.63, 3.8) is 0 Å². The van der Waals surface area contributed by atoms with Crippen LogP contribution in [-0.4, -0.2) is 4.98 Å². The van der Waals surface area contributed by atoms with Gasteiger partial charge in [0.2, 0.25) is 0 Å². The minimum Gasteiger partial charge on any atom is -0.258 e. The van der Waals surface area contributed by atoms with Gasteiger partial charge in [0.05, 0.1) is 6.20 Å². The number of halogens is 1. The van der Waals surface area contributed by atoms with E-state index in [4.69, 9.17) is 0 Å². The molecule has 0 radical (unpaired) electrons. The molecule has 1 rings (SSSR count). The summed E-state index contributed by atoms with van der Waals surface area (Å²) < 4.78 is 12.7. The summed E-state index contributed by atoms with van der Waals surface area (Å²) in [4.78, 5) is 4.15. The van der Waals surface area contributed by atoms with Crippen LogP contribution in [0.15, 0.2) is 18.3 Å². The van der Waals surface area contributed by atoms with Crippen molar-refractivity contribution in [3.8, 4) is 0 Å². The van der Waals surface area contributed by atoms with Crippen LogP contribution in [0.2, 0.25) is 0 Å². The zero-order valence-corrected chi connectivity index (χ0v) is 10.5. The molecule has 2 unspecified atom stereocenters. The van der Waals surface area contributed by atoms with Crippen molar-refractivity contribution >= 4 is 0 Å². The molecule has 0 spiro atoms. The zero-order valence-electron chi connectivity index (χ0n) is 10.5. The van der Waals surface area contributed by atoms with Gasteiger partial charge in [-0.2, -0.15) is 0 Å². The van der Waals surface area contributed by atoms with E-state index in [1.54, 1.807) is 6.07 Å². The van der Waals surface area contributed by atoms with Gasteiger partial charge in [-0.3, -0.25) is 4.98 Å². The molecule has 0 bridgehead atoms. The normalized spacial score (nSPS) is 14.8. The molecule has 0 aromatic carbocycles. The molecule has 2 heteroatoms. The van der Waals surface area contributed by atoms with Crippen molar-refractivity contribution in [1.82, 2.24) is 4.98 Å². The topological polar surface area (TPSA) is 12.9 Å². The molecule has 1 heterocycles. The third-order valence-electron chi connectivity index (χ3n) is 3.33. The Kier molecular flexibility index (Phi) is 5.44. The molecular weight excluding hydrogens is 201 g/mol. The maximum atomic E-state index is 12.7. The van der Waals surface area contributed by atoms with Crippen molar-refractivity contribution in [3.05, 3.63) is 29.8 Å². The van der Waals surface area contributed by atoms with E-state index >= 15 is 0 Å². The smallest absolute Gasteiger partial charge is 0.141 e. The highest BCUT2D eigenvalue weighted by atomic mass is 19.1. The van der Waals surface area contributed by atoms with E-state index in [0.29, 0.717) is 11.8 Å². The second-order valence-electron chi connectivity index (χ2n) is 4.66. The molecule has 0 aliphatic heterocycles. The minimum absolute atomic E-state index is 0.255. The molecule has 1 aromatic heterocycles. The van der Waals surface area contributed by atoms with Gasteiger partial charge in [0.15, 0.2) is 0 Å². The van der Waals surface area contributed by atoms with Gasteiger partial charge in [-0.15, -0.1) is 0 Å². The van der Waals surface area contributed by atoms with Crippen LogP contribution in [0.3, 0.4) is 0 Å². The maximum absolute atomic E-state index is 12.7. The molecule has 0 saturated carbocycles. The van der Waals surface area contributed by atoms with Gasteiger partial charge in [0.25, 0.3) is 0 Å². The summed E-state index contributed by atoms with van der Waals surface area (Å²) in [5.41, 5.74) is 1.00. The van der Waals surface area contributed by atoms with Crippen molar-refractivity contribution in [2.24, 2.45) is 5.92 Å². The summed E-state index contributed by atoms with van der Waals surface area (Å²) in [6, 6.07) is 3.30. The van der Waals surface area contributed by atoms with Crippen LogP contribution in [0.4, 0.5) is 4.39 Å². The lowest BCUT2D eigenvalue weighted by atomic mass is 9.88. The van der Waals surface area contributed by atoms with Crippen molar-refractivity contribution in [1.29, 1.82) is 0 Å². The molecule has 0 fully saturated rings. The van der Waals surface area contributed by atoms with E-state index < -0.39 is 0 Å². The minimum atomic E-state index is -0.255. The molecule has 0 N–H and O–H groups in total. The van der Waals surface area contributed by atoms with Crippen LogP contribution in [0.25, 0.3) is 0 Å². The van der Waals surface area contributed by atoms with Gasteiger partial charge >= 0.3 is 0 Å². The van der Waals surface area contributed by atoms with Crippen LogP contribution in [0.5, 0.6) is 0 Å². The Bertz CT molecular complexity index is 294. The monoisotopic (exact) mass is 223 g/mol. The van der Waals surface area contributed by atoms with Gasteiger partial charge < -0.3 is 0 Å². The van der Waals surface area contributed by atoms with Crippen molar-refractivity contribution in [2.45, 2.75) is 52.4 Å². The van der Waals surface area contributed by atoms with E-state index in [0.717, 1.165) is 5.69 Å². The number of hydrogen-bond acceptors (Lipinski definition) is 1. The fourth-order valence-corrected chi connectivity index (χ4v) is 1.91. The first-order chi connectivity index (χ1) is 7.65. The molecular formula is C14H22FN. The Labute approximate surface area is 98.1 Å². The predicted octanol–water partition coefficient (Wildman–Crippen LogP) is 4.54. The van der Waals surface area contributed by atoms with E-state index in [1.165, 1.54) is 37.9 Å². The highest BCUT2D eigenvalue weighted by Gasteiger charge is 2.15. The van der Waals surface area contributed by atoms with Gasteiger partial charge in [-0.05, 0) is 18.1 Å². The van der Waals surface area contributed by atoms with Gasteiger partial charge in [-0.1, -0.05) is 46.5 Å². The van der Waals surface area contributed by atoms with Crippen LogP contribution >= 0.6 is 0 Å². The number of rotatable bonds is 6. The van der Waals surface area contributed by atoms with Crippen LogP contribution in [0, 0.1) is 11.7 Å². The molecule has 0 amide bonds. The Hall–Kier alpha value is -0.920. The first-order valence-corrected chi connectivity index (χ1v) is 6.26. The summed E-state index contributed by atoms with van der Waals surface area (Å²) in [6.07, 6.45) is 6.38. The number of nitrogens with zero attached hydrogens (tertiary/aromatic N) is 1. The Morgan fingerprint density at radius 2 is 2.00 bits per heavy atom. The maximum Gasteiger partial charge on any atom is 0.141 e. The lowest BCUT2D eigenvalue weighted by molar-refractivity contribution is 0.424. The molecule has 1 aromatic rings. The van der Waals surface area contributed by atoms with Crippen molar-refractivity contribution < 1.29 is 4.39 Å². The van der Waals surface area contributed by atoms with Gasteiger partial charge in [0, 0.05) is 11.6 Å². The third-order valence-corrected chi connectivity index (χ3v) is 3.33. The fraction of sp³-hybridized carbons (Fsp3) is 0.643. The average Bonchev–Trinajstić information content (AvgIpc) is 2.29. The lowest BCUT2D eigenvalue weighted by Gasteiger charge is -2.19. The molecule has 2 atom stereocenters. The van der Waals surface area contributed by atoms with Crippen molar-refractivity contribution in [2.75, 3.05) is 0 Å². The van der Waals surface area contributed by atoms with E-state index in [9.17, 15) is 4.39 Å². The average molecular weight is 223 g/mol. The van der Waals surface area contributed by atoms with E-state index in [2.05, 4.69) is 25.8 Å². The van der Waals surface area contributed by atoms with Crippen LogP contribution in [0.1, 0.15) is 58.1 Å². The first-order valence-electron chi connectivity index (χ1n) is 6.26. The number of hydrogen-bond donors (Lipinski definition) is 0. The highest BCUT2D eigenvalue weighted by molar-refractivity contribution is 5.10. The second-order valence-corrected chi connectivity index (χ2v) is 4.66. The Morgan fingerprint density at radius 1 is 1.25 bits per heavy atom. The number of aromatic nitrogens is 1. The zero-order chi connectivity index (χ0) is 12.0. The fourth-order valence-electron chi connectivity index (χ4n) is 1.91. The summed E-state index contributed by atoms with van der Waals surface area (Å²) in [5.74, 6) is 0.775. The Morgan fingerprint density at radius 3 is 2.56 bits per heavy atom. The summed E-state index contributed by atoms with van der Waals surface area (Å²) in [7, 11) is 0. The molecule has 0 aliphatic rings. The van der Waals surface area contributed by atoms with Gasteiger partial charge in [0.1, 0.15) is 5.82 Å². The molecule has 16 heavy (non-hydrogen) atoms.